The summed E-state index contributed by atoms with van der Waals surface area (Å²) in [5, 5.41) is 3.90. The fourth-order valence-corrected chi connectivity index (χ4v) is 4.32. The molecule has 2 aromatic rings. The van der Waals surface area contributed by atoms with Gasteiger partial charge in [0.15, 0.2) is 9.84 Å². The number of hydrogen-bond acceptors (Lipinski definition) is 5. The smallest absolute Gasteiger partial charge is 0.292 e. The number of hydrogen-bond donors (Lipinski definition) is 0. The van der Waals surface area contributed by atoms with E-state index in [2.05, 4.69) is 5.16 Å². The van der Waals surface area contributed by atoms with Crippen LogP contribution >= 0.6 is 0 Å². The van der Waals surface area contributed by atoms with Gasteiger partial charge in [-0.3, -0.25) is 4.79 Å². The van der Waals surface area contributed by atoms with Crippen molar-refractivity contribution >= 4 is 15.7 Å². The van der Waals surface area contributed by atoms with Gasteiger partial charge in [-0.25, -0.2) is 8.42 Å². The molecule has 22 heavy (non-hydrogen) atoms. The van der Waals surface area contributed by atoms with E-state index in [4.69, 9.17) is 4.52 Å². The number of rotatable bonds is 3. The van der Waals surface area contributed by atoms with Crippen LogP contribution in [-0.2, 0) is 9.84 Å². The summed E-state index contributed by atoms with van der Waals surface area (Å²) in [7, 11) is -1.44. The highest BCUT2D eigenvalue weighted by Crippen LogP contribution is 2.22. The topological polar surface area (TPSA) is 80.5 Å². The Morgan fingerprint density at radius 3 is 2.68 bits per heavy atom. The minimum Gasteiger partial charge on any atom is -0.350 e. The quantitative estimate of drug-likeness (QED) is 0.858. The fourth-order valence-electron chi connectivity index (χ4n) is 2.54. The molecule has 1 atom stereocenters. The third-order valence-corrected chi connectivity index (χ3v) is 5.62. The summed E-state index contributed by atoms with van der Waals surface area (Å²) in [5.74, 6) is -0.0991. The Hall–Kier alpha value is -2.15. The first kappa shape index (κ1) is 14.8. The molecule has 0 bridgehead atoms. The van der Waals surface area contributed by atoms with Gasteiger partial charge in [0.1, 0.15) is 5.69 Å². The van der Waals surface area contributed by atoms with Crippen LogP contribution in [0.3, 0.4) is 0 Å². The van der Waals surface area contributed by atoms with Crippen LogP contribution in [0.25, 0.3) is 11.3 Å². The number of carbonyl (C=O) groups is 1. The van der Waals surface area contributed by atoms with E-state index < -0.39 is 9.84 Å². The van der Waals surface area contributed by atoms with Crippen LogP contribution in [0.1, 0.15) is 17.0 Å². The Bertz CT molecular complexity index is 783. The lowest BCUT2D eigenvalue weighted by molar-refractivity contribution is 0.0705. The van der Waals surface area contributed by atoms with Crippen molar-refractivity contribution in [3.05, 3.63) is 42.2 Å². The molecule has 1 aromatic heterocycles. The number of benzene rings is 1. The molecule has 0 N–H and O–H groups in total. The molecular weight excluding hydrogens is 304 g/mol. The first-order chi connectivity index (χ1) is 10.5. The van der Waals surface area contributed by atoms with Crippen LogP contribution in [0.4, 0.5) is 0 Å². The zero-order valence-electron chi connectivity index (χ0n) is 12.1. The van der Waals surface area contributed by atoms with E-state index in [1.165, 1.54) is 4.90 Å². The Morgan fingerprint density at radius 2 is 2.05 bits per heavy atom. The minimum absolute atomic E-state index is 0.00885. The molecule has 2 heterocycles. The Kier molecular flexibility index (Phi) is 3.74. The molecule has 116 valence electrons. The molecule has 0 spiro atoms. The summed E-state index contributed by atoms with van der Waals surface area (Å²) in [6.45, 7) is 0. The first-order valence-corrected chi connectivity index (χ1v) is 8.78. The Balaban J connectivity index is 1.77. The zero-order chi connectivity index (χ0) is 15.7. The normalized spacial score (nSPS) is 20.0. The third kappa shape index (κ3) is 2.89. The second-order valence-corrected chi connectivity index (χ2v) is 7.64. The van der Waals surface area contributed by atoms with Gasteiger partial charge in [-0.1, -0.05) is 35.5 Å². The summed E-state index contributed by atoms with van der Waals surface area (Å²) >= 11 is 0. The molecule has 0 aliphatic carbocycles. The highest BCUT2D eigenvalue weighted by atomic mass is 32.2. The van der Waals surface area contributed by atoms with Gasteiger partial charge < -0.3 is 9.42 Å². The second kappa shape index (κ2) is 5.57. The maximum absolute atomic E-state index is 12.4. The molecule has 1 aliphatic rings. The van der Waals surface area contributed by atoms with E-state index in [0.717, 1.165) is 5.56 Å². The summed E-state index contributed by atoms with van der Waals surface area (Å²) in [6.07, 6.45) is 0.463. The van der Waals surface area contributed by atoms with Crippen molar-refractivity contribution in [1.29, 1.82) is 0 Å². The van der Waals surface area contributed by atoms with Crippen molar-refractivity contribution in [1.82, 2.24) is 10.1 Å². The fraction of sp³-hybridized carbons (Fsp3) is 0.333. The minimum atomic E-state index is -3.03. The predicted octanol–water partition coefficient (Wildman–Crippen LogP) is 1.60. The number of sulfone groups is 1. The number of aromatic nitrogens is 1. The van der Waals surface area contributed by atoms with E-state index in [1.807, 2.05) is 30.3 Å². The van der Waals surface area contributed by atoms with E-state index in [0.29, 0.717) is 12.1 Å². The van der Waals surface area contributed by atoms with Crippen LogP contribution in [0, 0.1) is 0 Å². The summed E-state index contributed by atoms with van der Waals surface area (Å²) in [4.78, 5) is 13.8. The van der Waals surface area contributed by atoms with Crippen molar-refractivity contribution in [2.45, 2.75) is 12.5 Å². The van der Waals surface area contributed by atoms with Crippen molar-refractivity contribution in [3.8, 4) is 11.3 Å². The van der Waals surface area contributed by atoms with E-state index in [-0.39, 0.29) is 29.2 Å². The second-order valence-electron chi connectivity index (χ2n) is 5.42. The van der Waals surface area contributed by atoms with Crippen molar-refractivity contribution in [2.75, 3.05) is 18.6 Å². The van der Waals surface area contributed by atoms with Gasteiger partial charge in [-0.15, -0.1) is 0 Å². The molecule has 6 nitrogen and oxygen atoms in total. The van der Waals surface area contributed by atoms with Crippen LogP contribution in [0.15, 0.2) is 40.9 Å². The molecule has 0 saturated carbocycles. The highest BCUT2D eigenvalue weighted by Gasteiger charge is 2.34. The Morgan fingerprint density at radius 1 is 1.32 bits per heavy atom. The third-order valence-electron chi connectivity index (χ3n) is 3.87. The average Bonchev–Trinajstić information content (AvgIpc) is 3.13. The van der Waals surface area contributed by atoms with Gasteiger partial charge in [-0.05, 0) is 6.42 Å². The van der Waals surface area contributed by atoms with Crippen molar-refractivity contribution in [2.24, 2.45) is 0 Å². The molecule has 1 fully saturated rings. The molecule has 1 saturated heterocycles. The molecular formula is C15H16N2O4S. The van der Waals surface area contributed by atoms with Gasteiger partial charge >= 0.3 is 0 Å². The van der Waals surface area contributed by atoms with Gasteiger partial charge in [0, 0.05) is 24.7 Å². The van der Waals surface area contributed by atoms with Gasteiger partial charge in [-0.2, -0.15) is 0 Å². The molecule has 0 radical (unpaired) electrons. The van der Waals surface area contributed by atoms with E-state index in [9.17, 15) is 13.2 Å². The lowest BCUT2D eigenvalue weighted by atomic mass is 10.1. The number of carbonyl (C=O) groups excluding carboxylic acids is 1. The maximum Gasteiger partial charge on any atom is 0.292 e. The SMILES string of the molecule is CN(C(=O)c1cc(-c2ccccc2)no1)[C@@H]1CCS(=O)(=O)C1. The first-order valence-electron chi connectivity index (χ1n) is 6.96. The van der Waals surface area contributed by atoms with E-state index in [1.54, 1.807) is 13.1 Å². The van der Waals surface area contributed by atoms with Crippen molar-refractivity contribution in [3.63, 3.8) is 0 Å². The largest absolute Gasteiger partial charge is 0.350 e. The monoisotopic (exact) mass is 320 g/mol. The van der Waals surface area contributed by atoms with Crippen LogP contribution in [0.2, 0.25) is 0 Å². The predicted molar refractivity (Wildman–Crippen MR) is 81.1 cm³/mol. The van der Waals surface area contributed by atoms with Crippen LogP contribution < -0.4 is 0 Å². The van der Waals surface area contributed by atoms with Crippen molar-refractivity contribution < 1.29 is 17.7 Å². The van der Waals surface area contributed by atoms with E-state index >= 15 is 0 Å². The number of amides is 1. The molecule has 3 rings (SSSR count). The van der Waals surface area contributed by atoms with Gasteiger partial charge in [0.2, 0.25) is 5.76 Å². The molecule has 7 heteroatoms. The number of nitrogens with zero attached hydrogens (tertiary/aromatic N) is 2. The Labute approximate surface area is 128 Å². The van der Waals surface area contributed by atoms with Gasteiger partial charge in [0.05, 0.1) is 11.5 Å². The lowest BCUT2D eigenvalue weighted by Crippen LogP contribution is -2.37. The highest BCUT2D eigenvalue weighted by molar-refractivity contribution is 7.91. The molecule has 0 unspecified atom stereocenters. The zero-order valence-corrected chi connectivity index (χ0v) is 12.9. The summed E-state index contributed by atoms with van der Waals surface area (Å²) < 4.78 is 28.2. The van der Waals surface area contributed by atoms with Gasteiger partial charge in [0.25, 0.3) is 5.91 Å². The summed E-state index contributed by atoms with van der Waals surface area (Å²) in [5.41, 5.74) is 1.44. The molecule has 1 aliphatic heterocycles. The molecule has 1 aromatic carbocycles. The van der Waals surface area contributed by atoms with Crippen LogP contribution in [0.5, 0.6) is 0 Å². The lowest BCUT2D eigenvalue weighted by Gasteiger charge is -2.21. The maximum atomic E-state index is 12.4. The summed E-state index contributed by atoms with van der Waals surface area (Å²) in [6, 6.07) is 10.7. The standard InChI is InChI=1S/C15H16N2O4S/c1-17(12-7-8-22(19,20)10-12)15(18)14-9-13(16-21-14)11-5-3-2-4-6-11/h2-6,9,12H,7-8,10H2,1H3/t12-/m1/s1. The average molecular weight is 320 g/mol. The van der Waals surface area contributed by atoms with Crippen LogP contribution in [-0.4, -0.2) is 49.0 Å². The molecule has 1 amide bonds.